The van der Waals surface area contributed by atoms with E-state index in [4.69, 9.17) is 8.83 Å². The molecule has 0 saturated heterocycles. The van der Waals surface area contributed by atoms with E-state index in [0.717, 1.165) is 11.3 Å². The Morgan fingerprint density at radius 1 is 0.829 bits per heavy atom. The molecular weight excluding hydrogens is 447 g/mol. The molecule has 0 atom stereocenters. The molecule has 0 saturated carbocycles. The smallest absolute Gasteiger partial charge is 0.254 e. The molecule has 0 aliphatic carbocycles. The Bertz CT molecular complexity index is 1230. The lowest BCUT2D eigenvalue weighted by Gasteiger charge is -2.27. The number of benzene rings is 2. The van der Waals surface area contributed by atoms with E-state index in [2.05, 4.69) is 0 Å². The predicted molar refractivity (Wildman–Crippen MR) is 129 cm³/mol. The zero-order valence-corrected chi connectivity index (χ0v) is 19.5. The van der Waals surface area contributed by atoms with Gasteiger partial charge in [-0.2, -0.15) is 0 Å². The van der Waals surface area contributed by atoms with Crippen LogP contribution in [-0.2, 0) is 24.3 Å². The van der Waals surface area contributed by atoms with E-state index in [9.17, 15) is 14.0 Å². The first-order valence-corrected chi connectivity index (χ1v) is 11.4. The van der Waals surface area contributed by atoms with Crippen molar-refractivity contribution in [3.05, 3.63) is 119 Å². The van der Waals surface area contributed by atoms with Crippen molar-refractivity contribution in [2.24, 2.45) is 0 Å². The summed E-state index contributed by atoms with van der Waals surface area (Å²) < 4.78 is 24.5. The predicted octanol–water partition coefficient (Wildman–Crippen LogP) is 5.23. The van der Waals surface area contributed by atoms with E-state index in [1.54, 1.807) is 17.0 Å². The Labute approximate surface area is 203 Å². The van der Waals surface area contributed by atoms with Crippen LogP contribution in [0.2, 0.25) is 0 Å². The number of hydrogen-bond acceptors (Lipinski definition) is 4. The molecule has 0 bridgehead atoms. The van der Waals surface area contributed by atoms with Crippen LogP contribution in [0.3, 0.4) is 0 Å². The topological polar surface area (TPSA) is 66.9 Å². The summed E-state index contributed by atoms with van der Waals surface area (Å²) in [4.78, 5) is 29.9. The summed E-state index contributed by atoms with van der Waals surface area (Å²) in [5.41, 5.74) is 1.40. The van der Waals surface area contributed by atoms with Gasteiger partial charge in [0.1, 0.15) is 29.6 Å². The van der Waals surface area contributed by atoms with E-state index in [0.29, 0.717) is 36.6 Å². The van der Waals surface area contributed by atoms with Gasteiger partial charge >= 0.3 is 0 Å². The van der Waals surface area contributed by atoms with Gasteiger partial charge in [-0.1, -0.05) is 30.3 Å². The van der Waals surface area contributed by atoms with Crippen molar-refractivity contribution in [1.29, 1.82) is 0 Å². The molecule has 0 aliphatic heterocycles. The minimum absolute atomic E-state index is 0.112. The first kappa shape index (κ1) is 24.0. The maximum absolute atomic E-state index is 13.5. The highest BCUT2D eigenvalue weighted by Gasteiger charge is 2.24. The minimum atomic E-state index is -0.434. The minimum Gasteiger partial charge on any atom is -0.467 e. The Morgan fingerprint density at radius 3 is 2.23 bits per heavy atom. The third-order valence-electron chi connectivity index (χ3n) is 5.64. The average molecular weight is 475 g/mol. The maximum Gasteiger partial charge on any atom is 0.254 e. The van der Waals surface area contributed by atoms with Crippen LogP contribution in [0.5, 0.6) is 0 Å². The Kier molecular flexibility index (Phi) is 7.77. The molecule has 7 heteroatoms. The second kappa shape index (κ2) is 11.3. The Balaban J connectivity index is 1.53. The van der Waals surface area contributed by atoms with E-state index in [1.165, 1.54) is 35.4 Å². The normalized spacial score (nSPS) is 10.8. The summed E-state index contributed by atoms with van der Waals surface area (Å²) in [7, 11) is 0. The van der Waals surface area contributed by atoms with Gasteiger partial charge in [-0.3, -0.25) is 9.59 Å². The lowest BCUT2D eigenvalue weighted by molar-refractivity contribution is -0.133. The van der Waals surface area contributed by atoms with Gasteiger partial charge in [0.25, 0.3) is 5.91 Å². The lowest BCUT2D eigenvalue weighted by Crippen LogP contribution is -2.43. The fourth-order valence-corrected chi connectivity index (χ4v) is 3.79. The molecule has 6 nitrogen and oxygen atoms in total. The quantitative estimate of drug-likeness (QED) is 0.316. The first-order chi connectivity index (χ1) is 17.0. The summed E-state index contributed by atoms with van der Waals surface area (Å²) in [6.07, 6.45) is 2.18. The van der Waals surface area contributed by atoms with Gasteiger partial charge in [-0.15, -0.1) is 0 Å². The number of aryl methyl sites for hydroxylation is 1. The van der Waals surface area contributed by atoms with Gasteiger partial charge in [0.2, 0.25) is 5.91 Å². The highest BCUT2D eigenvalue weighted by molar-refractivity contribution is 5.96. The monoisotopic (exact) mass is 474 g/mol. The number of carbonyl (C=O) groups is 2. The molecule has 4 rings (SSSR count). The summed E-state index contributed by atoms with van der Waals surface area (Å²) >= 11 is 0. The van der Waals surface area contributed by atoms with Crippen molar-refractivity contribution < 1.29 is 22.8 Å². The van der Waals surface area contributed by atoms with E-state index in [1.807, 2.05) is 49.4 Å². The molecule has 0 aliphatic rings. The van der Waals surface area contributed by atoms with Crippen molar-refractivity contribution in [2.45, 2.75) is 26.4 Å². The van der Waals surface area contributed by atoms with Crippen molar-refractivity contribution >= 4 is 11.8 Å². The van der Waals surface area contributed by atoms with Crippen LogP contribution in [0.25, 0.3) is 0 Å². The number of nitrogens with zero attached hydrogens (tertiary/aromatic N) is 2. The van der Waals surface area contributed by atoms with Gasteiger partial charge in [-0.25, -0.2) is 4.39 Å². The molecular formula is C28H27FN2O4. The third kappa shape index (κ3) is 6.69. The summed E-state index contributed by atoms with van der Waals surface area (Å²) in [6, 6.07) is 22.4. The largest absolute Gasteiger partial charge is 0.467 e. The summed E-state index contributed by atoms with van der Waals surface area (Å²) in [6.45, 7) is 2.56. The van der Waals surface area contributed by atoms with Crippen LogP contribution >= 0.6 is 0 Å². The Hall–Kier alpha value is -4.13. The number of hydrogen-bond donors (Lipinski definition) is 0. The maximum atomic E-state index is 13.5. The fraction of sp³-hybridized carbons (Fsp3) is 0.214. The summed E-state index contributed by atoms with van der Waals surface area (Å²) in [5, 5.41) is 0. The van der Waals surface area contributed by atoms with E-state index >= 15 is 0 Å². The third-order valence-corrected chi connectivity index (χ3v) is 5.64. The van der Waals surface area contributed by atoms with Gasteiger partial charge in [0.15, 0.2) is 0 Å². The molecule has 35 heavy (non-hydrogen) atoms. The molecule has 0 unspecified atom stereocenters. The van der Waals surface area contributed by atoms with Crippen molar-refractivity contribution in [1.82, 2.24) is 9.80 Å². The van der Waals surface area contributed by atoms with E-state index in [-0.39, 0.29) is 24.9 Å². The van der Waals surface area contributed by atoms with Gasteiger partial charge in [0.05, 0.1) is 19.4 Å². The second-order valence-electron chi connectivity index (χ2n) is 8.31. The lowest BCUT2D eigenvalue weighted by atomic mass is 10.1. The van der Waals surface area contributed by atoms with Crippen molar-refractivity contribution in [3.8, 4) is 0 Å². The number of furan rings is 2. The highest BCUT2D eigenvalue weighted by Crippen LogP contribution is 2.15. The molecule has 2 heterocycles. The second-order valence-corrected chi connectivity index (χ2v) is 8.31. The van der Waals surface area contributed by atoms with Gasteiger partial charge < -0.3 is 18.6 Å². The molecule has 0 N–H and O–H groups in total. The standard InChI is InChI=1S/C28H27FN2O4/c1-21-9-14-26(35-21)19-30(16-15-22-6-3-2-4-7-22)27(32)20-31(18-25-8-5-17-34-25)28(33)23-10-12-24(29)13-11-23/h2-14,17H,15-16,18-20H2,1H3. The first-order valence-electron chi connectivity index (χ1n) is 11.4. The molecule has 0 fully saturated rings. The highest BCUT2D eigenvalue weighted by atomic mass is 19.1. The zero-order chi connectivity index (χ0) is 24.6. The number of carbonyl (C=O) groups excluding carboxylic acids is 2. The SMILES string of the molecule is Cc1ccc(CN(CCc2ccccc2)C(=O)CN(Cc2ccco2)C(=O)c2ccc(F)cc2)o1. The van der Waals surface area contributed by atoms with E-state index < -0.39 is 5.82 Å². The molecule has 2 amide bonds. The van der Waals surface area contributed by atoms with Gasteiger partial charge in [0, 0.05) is 12.1 Å². The van der Waals surface area contributed by atoms with Gasteiger partial charge in [-0.05, 0) is 67.4 Å². The zero-order valence-electron chi connectivity index (χ0n) is 19.5. The Morgan fingerprint density at radius 2 is 1.57 bits per heavy atom. The van der Waals surface area contributed by atoms with Crippen LogP contribution < -0.4 is 0 Å². The van der Waals surface area contributed by atoms with Crippen LogP contribution in [0.4, 0.5) is 4.39 Å². The molecule has 0 radical (unpaired) electrons. The van der Waals surface area contributed by atoms with Crippen LogP contribution in [-0.4, -0.2) is 34.7 Å². The number of amides is 2. The number of rotatable bonds is 10. The number of halogens is 1. The average Bonchev–Trinajstić information content (AvgIpc) is 3.53. The fourth-order valence-electron chi connectivity index (χ4n) is 3.79. The molecule has 180 valence electrons. The van der Waals surface area contributed by atoms with Crippen LogP contribution in [0.1, 0.15) is 33.2 Å². The molecule has 2 aromatic carbocycles. The van der Waals surface area contributed by atoms with Crippen LogP contribution in [0, 0.1) is 12.7 Å². The molecule has 0 spiro atoms. The molecule has 2 aromatic heterocycles. The summed E-state index contributed by atoms with van der Waals surface area (Å²) in [5.74, 6) is 0.943. The van der Waals surface area contributed by atoms with Crippen molar-refractivity contribution in [3.63, 3.8) is 0 Å². The van der Waals surface area contributed by atoms with Crippen LogP contribution in [0.15, 0.2) is 94.0 Å². The molecule has 4 aromatic rings. The van der Waals surface area contributed by atoms with Crippen molar-refractivity contribution in [2.75, 3.05) is 13.1 Å².